The van der Waals surface area contributed by atoms with Crippen LogP contribution in [0.15, 0.2) is 24.4 Å². The van der Waals surface area contributed by atoms with Crippen LogP contribution in [0.5, 0.6) is 0 Å². The third-order valence-corrected chi connectivity index (χ3v) is 1.20. The predicted octanol–water partition coefficient (Wildman–Crippen LogP) is 1.23. The van der Waals surface area contributed by atoms with Gasteiger partial charge in [0.15, 0.2) is 0 Å². The molecule has 0 fully saturated rings. The number of hydrogen-bond donors (Lipinski definition) is 1. The van der Waals surface area contributed by atoms with E-state index >= 15 is 0 Å². The Hall–Kier alpha value is -1.58. The average Bonchev–Trinajstić information content (AvgIpc) is 2.19. The molecular weight excluding hydrogens is 168 g/mol. The van der Waals surface area contributed by atoms with Crippen molar-refractivity contribution < 1.29 is 9.53 Å². The molecule has 1 aromatic heterocycles. The number of rotatable bonds is 1. The van der Waals surface area contributed by atoms with E-state index in [-0.39, 0.29) is 5.97 Å². The van der Waals surface area contributed by atoms with Crippen LogP contribution in [0.3, 0.4) is 0 Å². The molecule has 0 spiro atoms. The summed E-state index contributed by atoms with van der Waals surface area (Å²) in [6.07, 6.45) is 2.13. The molecule has 1 heterocycles. The van der Waals surface area contributed by atoms with E-state index in [9.17, 15) is 4.79 Å². The van der Waals surface area contributed by atoms with Crippen LogP contribution in [0.2, 0.25) is 0 Å². The van der Waals surface area contributed by atoms with Gasteiger partial charge >= 0.3 is 5.97 Å². The molecular formula is C9H14N2O2. The Morgan fingerprint density at radius 3 is 2.46 bits per heavy atom. The summed E-state index contributed by atoms with van der Waals surface area (Å²) >= 11 is 0. The van der Waals surface area contributed by atoms with E-state index in [1.54, 1.807) is 19.2 Å². The summed E-state index contributed by atoms with van der Waals surface area (Å²) in [5, 5.41) is 0. The van der Waals surface area contributed by atoms with Crippen LogP contribution < -0.4 is 5.73 Å². The quantitative estimate of drug-likeness (QED) is 0.663. The van der Waals surface area contributed by atoms with Crippen LogP contribution in [0, 0.1) is 0 Å². The van der Waals surface area contributed by atoms with Crippen molar-refractivity contribution in [1.82, 2.24) is 4.98 Å². The summed E-state index contributed by atoms with van der Waals surface area (Å²) in [5.74, 6) is 0.414. The molecule has 1 aromatic rings. The summed E-state index contributed by atoms with van der Waals surface area (Å²) in [6, 6.07) is 5.43. The van der Waals surface area contributed by atoms with Gasteiger partial charge in [0.2, 0.25) is 0 Å². The highest BCUT2D eigenvalue weighted by Gasteiger charge is 1.87. The maximum atomic E-state index is 9.96. The van der Waals surface area contributed by atoms with Gasteiger partial charge in [0, 0.05) is 12.6 Å². The van der Waals surface area contributed by atoms with Gasteiger partial charge in [-0.3, -0.25) is 4.79 Å². The number of carbonyl (C=O) groups excluding carboxylic acids is 1. The van der Waals surface area contributed by atoms with Crippen molar-refractivity contribution in [2.45, 2.75) is 13.3 Å². The number of pyridine rings is 1. The van der Waals surface area contributed by atoms with Crippen molar-refractivity contribution in [3.05, 3.63) is 24.4 Å². The van der Waals surface area contributed by atoms with Gasteiger partial charge in [0.05, 0.1) is 7.11 Å². The predicted molar refractivity (Wildman–Crippen MR) is 51.0 cm³/mol. The molecule has 1 rings (SSSR count). The van der Waals surface area contributed by atoms with E-state index in [2.05, 4.69) is 9.72 Å². The van der Waals surface area contributed by atoms with Crippen LogP contribution >= 0.6 is 0 Å². The highest BCUT2D eigenvalue weighted by molar-refractivity contribution is 5.68. The Morgan fingerprint density at radius 2 is 2.31 bits per heavy atom. The molecule has 0 saturated carbocycles. The van der Waals surface area contributed by atoms with Gasteiger partial charge in [0.25, 0.3) is 0 Å². The highest BCUT2D eigenvalue weighted by Crippen LogP contribution is 1.89. The van der Waals surface area contributed by atoms with Gasteiger partial charge in [-0.1, -0.05) is 13.0 Å². The zero-order chi connectivity index (χ0) is 10.1. The first-order chi connectivity index (χ1) is 6.20. The number of methoxy groups -OCH3 is 1. The molecule has 0 aliphatic rings. The molecule has 0 aliphatic carbocycles. The first-order valence-electron chi connectivity index (χ1n) is 3.94. The van der Waals surface area contributed by atoms with Crippen molar-refractivity contribution >= 4 is 11.8 Å². The zero-order valence-corrected chi connectivity index (χ0v) is 7.86. The highest BCUT2D eigenvalue weighted by atomic mass is 16.5. The summed E-state index contributed by atoms with van der Waals surface area (Å²) in [6.45, 7) is 1.76. The van der Waals surface area contributed by atoms with Crippen LogP contribution in [0.25, 0.3) is 0 Å². The second-order valence-corrected chi connectivity index (χ2v) is 2.18. The number of hydrogen-bond acceptors (Lipinski definition) is 4. The van der Waals surface area contributed by atoms with E-state index in [1.807, 2.05) is 12.1 Å². The Bertz CT molecular complexity index is 231. The SMILES string of the molecule is CCC(=O)OC.Nc1ccccn1. The molecule has 0 unspecified atom stereocenters. The Morgan fingerprint density at radius 1 is 1.62 bits per heavy atom. The minimum Gasteiger partial charge on any atom is -0.469 e. The van der Waals surface area contributed by atoms with Crippen LogP contribution in [0.4, 0.5) is 5.82 Å². The largest absolute Gasteiger partial charge is 0.469 e. The lowest BCUT2D eigenvalue weighted by atomic mass is 10.5. The lowest BCUT2D eigenvalue weighted by molar-refractivity contribution is -0.140. The van der Waals surface area contributed by atoms with Gasteiger partial charge in [-0.05, 0) is 12.1 Å². The molecule has 0 amide bonds. The second kappa shape index (κ2) is 7.09. The molecule has 0 saturated heterocycles. The Balaban J connectivity index is 0.000000226. The number of nitrogen functional groups attached to an aromatic ring is 1. The summed E-state index contributed by atoms with van der Waals surface area (Å²) in [5.41, 5.74) is 5.25. The molecule has 72 valence electrons. The Labute approximate surface area is 77.7 Å². The van der Waals surface area contributed by atoms with Gasteiger partial charge in [-0.25, -0.2) is 4.98 Å². The number of carbonyl (C=O) groups is 1. The van der Waals surface area contributed by atoms with Crippen molar-refractivity contribution in [3.8, 4) is 0 Å². The number of anilines is 1. The smallest absolute Gasteiger partial charge is 0.305 e. The maximum absolute atomic E-state index is 9.96. The van der Waals surface area contributed by atoms with Crippen molar-refractivity contribution in [3.63, 3.8) is 0 Å². The van der Waals surface area contributed by atoms with Crippen LogP contribution in [-0.2, 0) is 9.53 Å². The van der Waals surface area contributed by atoms with Gasteiger partial charge in [0.1, 0.15) is 5.82 Å². The monoisotopic (exact) mass is 182 g/mol. The topological polar surface area (TPSA) is 65.2 Å². The summed E-state index contributed by atoms with van der Waals surface area (Å²) in [7, 11) is 1.38. The zero-order valence-electron chi connectivity index (χ0n) is 7.86. The molecule has 2 N–H and O–H groups in total. The van der Waals surface area contributed by atoms with E-state index < -0.39 is 0 Å². The summed E-state index contributed by atoms with van der Waals surface area (Å²) in [4.78, 5) is 13.7. The minimum atomic E-state index is -0.157. The number of esters is 1. The maximum Gasteiger partial charge on any atom is 0.305 e. The van der Waals surface area contributed by atoms with Crippen molar-refractivity contribution in [2.75, 3.05) is 12.8 Å². The fourth-order valence-corrected chi connectivity index (χ4v) is 0.520. The molecule has 13 heavy (non-hydrogen) atoms. The standard InChI is InChI=1S/C5H6N2.C4H8O2/c6-5-3-1-2-4-7-5;1-3-4(5)6-2/h1-4H,(H2,6,7);3H2,1-2H3. The Kier molecular flexibility index (Phi) is 6.23. The number of ether oxygens (including phenoxy) is 1. The molecule has 0 aromatic carbocycles. The molecule has 0 atom stereocenters. The van der Waals surface area contributed by atoms with E-state index in [4.69, 9.17) is 5.73 Å². The molecule has 0 bridgehead atoms. The van der Waals surface area contributed by atoms with E-state index in [0.29, 0.717) is 12.2 Å². The van der Waals surface area contributed by atoms with E-state index in [1.165, 1.54) is 7.11 Å². The first kappa shape index (κ1) is 11.4. The third kappa shape index (κ3) is 6.80. The molecule has 0 aliphatic heterocycles. The lowest BCUT2D eigenvalue weighted by Crippen LogP contribution is -1.94. The first-order valence-corrected chi connectivity index (χ1v) is 3.94. The number of nitrogens with zero attached hydrogens (tertiary/aromatic N) is 1. The van der Waals surface area contributed by atoms with Crippen molar-refractivity contribution in [2.24, 2.45) is 0 Å². The normalized spacial score (nSPS) is 8.15. The second-order valence-electron chi connectivity index (χ2n) is 2.18. The fourth-order valence-electron chi connectivity index (χ4n) is 0.520. The average molecular weight is 182 g/mol. The molecule has 0 radical (unpaired) electrons. The molecule has 4 heteroatoms. The van der Waals surface area contributed by atoms with Crippen molar-refractivity contribution in [1.29, 1.82) is 0 Å². The van der Waals surface area contributed by atoms with Crippen LogP contribution in [-0.4, -0.2) is 18.1 Å². The minimum absolute atomic E-state index is 0.157. The molecule has 4 nitrogen and oxygen atoms in total. The van der Waals surface area contributed by atoms with Gasteiger partial charge in [-0.15, -0.1) is 0 Å². The number of nitrogens with two attached hydrogens (primary N) is 1. The van der Waals surface area contributed by atoms with Gasteiger partial charge < -0.3 is 10.5 Å². The lowest BCUT2D eigenvalue weighted by Gasteiger charge is -1.87. The number of aromatic nitrogens is 1. The van der Waals surface area contributed by atoms with Gasteiger partial charge in [-0.2, -0.15) is 0 Å². The third-order valence-electron chi connectivity index (χ3n) is 1.20. The fraction of sp³-hybridized carbons (Fsp3) is 0.333. The van der Waals surface area contributed by atoms with Crippen LogP contribution in [0.1, 0.15) is 13.3 Å². The summed E-state index contributed by atoms with van der Waals surface area (Å²) < 4.78 is 4.26. The van der Waals surface area contributed by atoms with E-state index in [0.717, 1.165) is 0 Å².